The zero-order valence-electron chi connectivity index (χ0n) is 14.6. The van der Waals surface area contributed by atoms with Crippen LogP contribution in [0.1, 0.15) is 35.7 Å². The first kappa shape index (κ1) is 18.3. The molecule has 1 aromatic heterocycles. The zero-order chi connectivity index (χ0) is 17.2. The number of hydrogen-bond donors (Lipinski definition) is 2. The quantitative estimate of drug-likeness (QED) is 0.567. The SMILES string of the molecule is CCCOc1cccc(CN=C(NCC)NCc2ncc(C)s2)c1. The predicted molar refractivity (Wildman–Crippen MR) is 101 cm³/mol. The Morgan fingerprint density at radius 3 is 2.88 bits per heavy atom. The van der Waals surface area contributed by atoms with Gasteiger partial charge in [-0.25, -0.2) is 9.98 Å². The van der Waals surface area contributed by atoms with Crippen molar-refractivity contribution in [1.82, 2.24) is 15.6 Å². The third-order valence-electron chi connectivity index (χ3n) is 3.21. The number of thiazole rings is 1. The van der Waals surface area contributed by atoms with Gasteiger partial charge >= 0.3 is 0 Å². The molecule has 0 aliphatic rings. The maximum absolute atomic E-state index is 5.67. The number of rotatable bonds is 8. The molecule has 1 aromatic carbocycles. The average Bonchev–Trinajstić information content (AvgIpc) is 3.01. The molecule has 0 amide bonds. The van der Waals surface area contributed by atoms with E-state index >= 15 is 0 Å². The van der Waals surface area contributed by atoms with E-state index in [1.807, 2.05) is 24.4 Å². The summed E-state index contributed by atoms with van der Waals surface area (Å²) in [5, 5.41) is 7.65. The largest absolute Gasteiger partial charge is 0.494 e. The van der Waals surface area contributed by atoms with Gasteiger partial charge in [0.1, 0.15) is 10.8 Å². The van der Waals surface area contributed by atoms with Crippen LogP contribution in [-0.2, 0) is 13.1 Å². The van der Waals surface area contributed by atoms with Crippen molar-refractivity contribution in [3.8, 4) is 5.75 Å². The molecule has 6 heteroatoms. The molecule has 1 heterocycles. The highest BCUT2D eigenvalue weighted by Gasteiger charge is 2.02. The van der Waals surface area contributed by atoms with Crippen molar-refractivity contribution in [3.05, 3.63) is 45.9 Å². The molecule has 0 atom stereocenters. The summed E-state index contributed by atoms with van der Waals surface area (Å²) in [6, 6.07) is 8.11. The number of benzene rings is 1. The molecule has 0 unspecified atom stereocenters. The monoisotopic (exact) mass is 346 g/mol. The number of guanidine groups is 1. The first-order chi connectivity index (χ1) is 11.7. The van der Waals surface area contributed by atoms with Gasteiger partial charge in [0.05, 0.1) is 19.7 Å². The normalized spacial score (nSPS) is 11.4. The molecule has 0 spiro atoms. The van der Waals surface area contributed by atoms with E-state index in [0.29, 0.717) is 13.1 Å². The van der Waals surface area contributed by atoms with E-state index < -0.39 is 0 Å². The van der Waals surface area contributed by atoms with Crippen molar-refractivity contribution in [2.24, 2.45) is 4.99 Å². The van der Waals surface area contributed by atoms with Gasteiger partial charge in [-0.05, 0) is 38.0 Å². The van der Waals surface area contributed by atoms with Crippen LogP contribution in [0.25, 0.3) is 0 Å². The van der Waals surface area contributed by atoms with E-state index in [1.165, 1.54) is 4.88 Å². The van der Waals surface area contributed by atoms with E-state index in [2.05, 4.69) is 47.4 Å². The lowest BCUT2D eigenvalue weighted by atomic mass is 10.2. The van der Waals surface area contributed by atoms with Crippen molar-refractivity contribution in [2.45, 2.75) is 40.3 Å². The molecular formula is C18H26N4OS. The Hall–Kier alpha value is -2.08. The molecule has 24 heavy (non-hydrogen) atoms. The highest BCUT2D eigenvalue weighted by atomic mass is 32.1. The number of aryl methyl sites for hydroxylation is 1. The summed E-state index contributed by atoms with van der Waals surface area (Å²) < 4.78 is 5.67. The molecule has 2 aromatic rings. The van der Waals surface area contributed by atoms with Crippen LogP contribution in [0.2, 0.25) is 0 Å². The summed E-state index contributed by atoms with van der Waals surface area (Å²) >= 11 is 1.70. The highest BCUT2D eigenvalue weighted by molar-refractivity contribution is 7.11. The van der Waals surface area contributed by atoms with Crippen molar-refractivity contribution in [1.29, 1.82) is 0 Å². The lowest BCUT2D eigenvalue weighted by Gasteiger charge is -2.10. The topological polar surface area (TPSA) is 58.5 Å². The molecule has 2 rings (SSSR count). The highest BCUT2D eigenvalue weighted by Crippen LogP contribution is 2.14. The molecule has 0 saturated heterocycles. The van der Waals surface area contributed by atoms with Crippen molar-refractivity contribution in [2.75, 3.05) is 13.2 Å². The molecule has 0 saturated carbocycles. The first-order valence-electron chi connectivity index (χ1n) is 8.36. The number of nitrogens with one attached hydrogen (secondary N) is 2. The minimum atomic E-state index is 0.607. The third-order valence-corrected chi connectivity index (χ3v) is 4.12. The second-order valence-electron chi connectivity index (χ2n) is 5.41. The Labute approximate surface area is 148 Å². The smallest absolute Gasteiger partial charge is 0.191 e. The van der Waals surface area contributed by atoms with Gasteiger partial charge in [-0.3, -0.25) is 0 Å². The molecule has 0 aliphatic heterocycles. The van der Waals surface area contributed by atoms with Crippen LogP contribution in [0.15, 0.2) is 35.5 Å². The fraction of sp³-hybridized carbons (Fsp3) is 0.444. The predicted octanol–water partition coefficient (Wildman–Crippen LogP) is 3.50. The molecule has 0 bridgehead atoms. The summed E-state index contributed by atoms with van der Waals surface area (Å²) in [4.78, 5) is 10.2. The fourth-order valence-corrected chi connectivity index (χ4v) is 2.83. The molecule has 0 fully saturated rings. The molecule has 2 N–H and O–H groups in total. The maximum atomic E-state index is 5.67. The van der Waals surface area contributed by atoms with Crippen LogP contribution in [0.3, 0.4) is 0 Å². The van der Waals surface area contributed by atoms with Gasteiger partial charge in [0.15, 0.2) is 5.96 Å². The van der Waals surface area contributed by atoms with E-state index in [0.717, 1.165) is 41.9 Å². The third kappa shape index (κ3) is 6.20. The maximum Gasteiger partial charge on any atom is 0.191 e. The lowest BCUT2D eigenvalue weighted by Crippen LogP contribution is -2.36. The van der Waals surface area contributed by atoms with Crippen molar-refractivity contribution >= 4 is 17.3 Å². The van der Waals surface area contributed by atoms with Crippen LogP contribution in [0.5, 0.6) is 5.75 Å². The summed E-state index contributed by atoms with van der Waals surface area (Å²) in [7, 11) is 0. The minimum absolute atomic E-state index is 0.607. The minimum Gasteiger partial charge on any atom is -0.494 e. The van der Waals surface area contributed by atoms with Crippen LogP contribution in [0, 0.1) is 6.92 Å². The van der Waals surface area contributed by atoms with Crippen molar-refractivity contribution in [3.63, 3.8) is 0 Å². The second-order valence-corrected chi connectivity index (χ2v) is 6.73. The van der Waals surface area contributed by atoms with Gasteiger partial charge in [0, 0.05) is 17.6 Å². The fourth-order valence-electron chi connectivity index (χ4n) is 2.11. The standard InChI is InChI=1S/C18H26N4OS/c1-4-9-23-16-8-6-7-15(10-16)12-21-18(19-5-2)22-13-17-20-11-14(3)24-17/h6-8,10-11H,4-5,9,12-13H2,1-3H3,(H2,19,21,22). The van der Waals surface area contributed by atoms with Gasteiger partial charge in [-0.1, -0.05) is 19.1 Å². The molecule has 0 radical (unpaired) electrons. The molecule has 5 nitrogen and oxygen atoms in total. The number of ether oxygens (including phenoxy) is 1. The average molecular weight is 346 g/mol. The van der Waals surface area contributed by atoms with Gasteiger partial charge in [0.25, 0.3) is 0 Å². The molecule has 0 aliphatic carbocycles. The number of nitrogens with zero attached hydrogens (tertiary/aromatic N) is 2. The van der Waals surface area contributed by atoms with Gasteiger partial charge in [0.2, 0.25) is 0 Å². The van der Waals surface area contributed by atoms with E-state index in [9.17, 15) is 0 Å². The van der Waals surface area contributed by atoms with Crippen LogP contribution < -0.4 is 15.4 Å². The number of aliphatic imine (C=N–C) groups is 1. The van der Waals surface area contributed by atoms with Gasteiger partial charge in [-0.15, -0.1) is 11.3 Å². The van der Waals surface area contributed by atoms with Crippen LogP contribution >= 0.6 is 11.3 Å². The second kappa shape index (κ2) is 9.93. The van der Waals surface area contributed by atoms with Crippen LogP contribution in [-0.4, -0.2) is 24.1 Å². The number of aromatic nitrogens is 1. The number of hydrogen-bond acceptors (Lipinski definition) is 4. The summed E-state index contributed by atoms with van der Waals surface area (Å²) in [5.74, 6) is 1.70. The van der Waals surface area contributed by atoms with Crippen LogP contribution in [0.4, 0.5) is 0 Å². The lowest BCUT2D eigenvalue weighted by molar-refractivity contribution is 0.317. The Balaban J connectivity index is 1.94. The van der Waals surface area contributed by atoms with E-state index in [1.54, 1.807) is 11.3 Å². The van der Waals surface area contributed by atoms with Gasteiger partial charge < -0.3 is 15.4 Å². The Bertz CT molecular complexity index is 654. The van der Waals surface area contributed by atoms with Gasteiger partial charge in [-0.2, -0.15) is 0 Å². The summed E-state index contributed by atoms with van der Waals surface area (Å²) in [6.07, 6.45) is 2.90. The zero-order valence-corrected chi connectivity index (χ0v) is 15.4. The Kier molecular flexibility index (Phi) is 7.55. The Morgan fingerprint density at radius 1 is 1.29 bits per heavy atom. The van der Waals surface area contributed by atoms with E-state index in [4.69, 9.17) is 4.74 Å². The summed E-state index contributed by atoms with van der Waals surface area (Å²) in [6.45, 7) is 9.08. The summed E-state index contributed by atoms with van der Waals surface area (Å²) in [5.41, 5.74) is 1.13. The molecule has 130 valence electrons. The first-order valence-corrected chi connectivity index (χ1v) is 9.18. The van der Waals surface area contributed by atoms with E-state index in [-0.39, 0.29) is 0 Å². The Morgan fingerprint density at radius 2 is 2.17 bits per heavy atom. The molecular weight excluding hydrogens is 320 g/mol. The van der Waals surface area contributed by atoms with Crippen molar-refractivity contribution < 1.29 is 4.74 Å².